The first kappa shape index (κ1) is 16.9. The molecular weight excluding hydrogens is 320 g/mol. The molecule has 0 unspecified atom stereocenters. The second-order valence-corrected chi connectivity index (χ2v) is 7.13. The van der Waals surface area contributed by atoms with Crippen LogP contribution in [0.1, 0.15) is 11.1 Å². The number of aryl methyl sites for hydroxylation is 1. The highest BCUT2D eigenvalue weighted by Gasteiger charge is 2.21. The Morgan fingerprint density at radius 2 is 2.00 bits per heavy atom. The van der Waals surface area contributed by atoms with Crippen LogP contribution in [0.3, 0.4) is 0 Å². The van der Waals surface area contributed by atoms with Crippen LogP contribution in [-0.4, -0.2) is 60.5 Å². The maximum absolute atomic E-state index is 12.5. The van der Waals surface area contributed by atoms with Crippen molar-refractivity contribution in [2.24, 2.45) is 0 Å². The molecule has 6 heteroatoms. The van der Waals surface area contributed by atoms with E-state index in [-0.39, 0.29) is 5.91 Å². The third-order valence-electron chi connectivity index (χ3n) is 4.52. The zero-order chi connectivity index (χ0) is 16.9. The predicted molar refractivity (Wildman–Crippen MR) is 98.4 cm³/mol. The number of nitrogens with zero attached hydrogens (tertiary/aromatic N) is 4. The van der Waals surface area contributed by atoms with Gasteiger partial charge >= 0.3 is 0 Å². The summed E-state index contributed by atoms with van der Waals surface area (Å²) < 4.78 is 0. The van der Waals surface area contributed by atoms with Crippen molar-refractivity contribution < 1.29 is 4.79 Å². The van der Waals surface area contributed by atoms with E-state index in [4.69, 9.17) is 0 Å². The molecular formula is C18H24N4OS. The van der Waals surface area contributed by atoms with E-state index in [1.165, 1.54) is 11.1 Å². The Morgan fingerprint density at radius 1 is 1.25 bits per heavy atom. The van der Waals surface area contributed by atoms with Gasteiger partial charge in [-0.25, -0.2) is 4.98 Å². The summed E-state index contributed by atoms with van der Waals surface area (Å²) in [5, 5.41) is 3.09. The van der Waals surface area contributed by atoms with Crippen LogP contribution in [0.25, 0.3) is 0 Å². The van der Waals surface area contributed by atoms with Crippen molar-refractivity contribution >= 4 is 22.4 Å². The van der Waals surface area contributed by atoms with Crippen LogP contribution in [0, 0.1) is 6.92 Å². The molecule has 1 aliphatic rings. The van der Waals surface area contributed by atoms with Gasteiger partial charge in [0.1, 0.15) is 0 Å². The van der Waals surface area contributed by atoms with Crippen LogP contribution in [0.15, 0.2) is 35.8 Å². The number of anilines is 1. The number of hydrogen-bond donors (Lipinski definition) is 0. The molecule has 3 rings (SSSR count). The number of aromatic nitrogens is 1. The van der Waals surface area contributed by atoms with Gasteiger partial charge in [0.05, 0.1) is 6.54 Å². The van der Waals surface area contributed by atoms with E-state index >= 15 is 0 Å². The summed E-state index contributed by atoms with van der Waals surface area (Å²) in [5.41, 5.74) is 2.44. The van der Waals surface area contributed by atoms with E-state index in [1.807, 2.05) is 35.7 Å². The van der Waals surface area contributed by atoms with Gasteiger partial charge in [-0.1, -0.05) is 24.3 Å². The van der Waals surface area contributed by atoms with Crippen LogP contribution < -0.4 is 4.90 Å². The first-order valence-electron chi connectivity index (χ1n) is 8.29. The molecule has 0 bridgehead atoms. The van der Waals surface area contributed by atoms with Crippen LogP contribution in [0.4, 0.5) is 5.13 Å². The highest BCUT2D eigenvalue weighted by molar-refractivity contribution is 7.13. The van der Waals surface area contributed by atoms with Crippen molar-refractivity contribution in [3.8, 4) is 0 Å². The third-order valence-corrected chi connectivity index (χ3v) is 5.35. The molecule has 5 nitrogen and oxygen atoms in total. The first-order valence-corrected chi connectivity index (χ1v) is 9.16. The van der Waals surface area contributed by atoms with Crippen molar-refractivity contribution in [2.45, 2.75) is 13.5 Å². The minimum absolute atomic E-state index is 0.181. The van der Waals surface area contributed by atoms with Crippen LogP contribution >= 0.6 is 11.3 Å². The van der Waals surface area contributed by atoms with Crippen LogP contribution in [0.5, 0.6) is 0 Å². The minimum atomic E-state index is 0.181. The Morgan fingerprint density at radius 3 is 2.67 bits per heavy atom. The Hall–Kier alpha value is -1.92. The Bertz CT molecular complexity index is 665. The van der Waals surface area contributed by atoms with E-state index in [1.54, 1.807) is 11.3 Å². The van der Waals surface area contributed by atoms with E-state index < -0.39 is 0 Å². The molecule has 1 fully saturated rings. The fraction of sp³-hybridized carbons (Fsp3) is 0.444. The SMILES string of the molecule is Cc1ccccc1CN(C)C(=O)CN1CCN(c2nccs2)CC1. The monoisotopic (exact) mass is 344 g/mol. The summed E-state index contributed by atoms with van der Waals surface area (Å²) in [6, 6.07) is 8.23. The Kier molecular flexibility index (Phi) is 5.48. The van der Waals surface area contributed by atoms with Gasteiger partial charge < -0.3 is 9.80 Å². The third kappa shape index (κ3) is 4.13. The molecule has 0 atom stereocenters. The predicted octanol–water partition coefficient (Wildman–Crippen LogP) is 2.23. The summed E-state index contributed by atoms with van der Waals surface area (Å²) in [6.45, 7) is 6.93. The molecule has 1 aliphatic heterocycles. The summed E-state index contributed by atoms with van der Waals surface area (Å²) in [7, 11) is 1.89. The quantitative estimate of drug-likeness (QED) is 0.834. The Labute approximate surface area is 147 Å². The number of piperazine rings is 1. The Balaban J connectivity index is 1.48. The van der Waals surface area contributed by atoms with Gasteiger partial charge in [0, 0.05) is 51.3 Å². The van der Waals surface area contributed by atoms with Gasteiger partial charge in [0.2, 0.25) is 5.91 Å². The molecule has 0 N–H and O–H groups in total. The lowest BCUT2D eigenvalue weighted by molar-refractivity contribution is -0.131. The molecule has 2 heterocycles. The number of rotatable bonds is 5. The van der Waals surface area contributed by atoms with E-state index in [0.29, 0.717) is 13.1 Å². The van der Waals surface area contributed by atoms with Gasteiger partial charge in [0.15, 0.2) is 5.13 Å². The number of benzene rings is 1. The highest BCUT2D eigenvalue weighted by atomic mass is 32.1. The summed E-state index contributed by atoms with van der Waals surface area (Å²) in [5.74, 6) is 0.181. The molecule has 128 valence electrons. The molecule has 0 spiro atoms. The molecule has 1 amide bonds. The summed E-state index contributed by atoms with van der Waals surface area (Å²) >= 11 is 1.67. The van der Waals surface area contributed by atoms with Crippen LogP contribution in [-0.2, 0) is 11.3 Å². The standard InChI is InChI=1S/C18H24N4OS/c1-15-5-3-4-6-16(15)13-20(2)17(23)14-21-8-10-22(11-9-21)18-19-7-12-24-18/h3-7,12H,8-11,13-14H2,1-2H3. The van der Waals surface area contributed by atoms with E-state index in [0.717, 1.165) is 31.3 Å². The van der Waals surface area contributed by atoms with Crippen molar-refractivity contribution in [1.29, 1.82) is 0 Å². The van der Waals surface area contributed by atoms with Crippen molar-refractivity contribution in [1.82, 2.24) is 14.8 Å². The summed E-state index contributed by atoms with van der Waals surface area (Å²) in [4.78, 5) is 23.2. The van der Waals surface area contributed by atoms with Crippen LogP contribution in [0.2, 0.25) is 0 Å². The number of thiazole rings is 1. The highest BCUT2D eigenvalue weighted by Crippen LogP contribution is 2.19. The molecule has 1 saturated heterocycles. The summed E-state index contributed by atoms with van der Waals surface area (Å²) in [6.07, 6.45) is 1.84. The average molecular weight is 344 g/mol. The number of carbonyl (C=O) groups is 1. The molecule has 0 aliphatic carbocycles. The molecule has 1 aromatic carbocycles. The lowest BCUT2D eigenvalue weighted by atomic mass is 10.1. The van der Waals surface area contributed by atoms with Gasteiger partial charge in [-0.05, 0) is 18.1 Å². The van der Waals surface area contributed by atoms with E-state index in [2.05, 4.69) is 33.8 Å². The lowest BCUT2D eigenvalue weighted by Gasteiger charge is -2.34. The second kappa shape index (κ2) is 7.77. The lowest BCUT2D eigenvalue weighted by Crippen LogP contribution is -2.49. The maximum atomic E-state index is 12.5. The molecule has 1 aromatic heterocycles. The molecule has 2 aromatic rings. The van der Waals surface area contributed by atoms with E-state index in [9.17, 15) is 4.79 Å². The molecule has 0 saturated carbocycles. The number of amides is 1. The van der Waals surface area contributed by atoms with Crippen molar-refractivity contribution in [2.75, 3.05) is 44.7 Å². The number of hydrogen-bond acceptors (Lipinski definition) is 5. The normalized spacial score (nSPS) is 15.5. The molecule has 24 heavy (non-hydrogen) atoms. The van der Waals surface area contributed by atoms with Crippen molar-refractivity contribution in [3.63, 3.8) is 0 Å². The minimum Gasteiger partial charge on any atom is -0.346 e. The zero-order valence-electron chi connectivity index (χ0n) is 14.3. The molecule has 0 radical (unpaired) electrons. The van der Waals surface area contributed by atoms with Gasteiger partial charge in [0.25, 0.3) is 0 Å². The fourth-order valence-corrected chi connectivity index (χ4v) is 3.61. The van der Waals surface area contributed by atoms with Gasteiger partial charge in [-0.2, -0.15) is 0 Å². The zero-order valence-corrected chi connectivity index (χ0v) is 15.1. The number of likely N-dealkylation sites (N-methyl/N-ethyl adjacent to an activating group) is 1. The first-order chi connectivity index (χ1) is 11.6. The number of carbonyl (C=O) groups excluding carboxylic acids is 1. The smallest absolute Gasteiger partial charge is 0.236 e. The average Bonchev–Trinajstić information content (AvgIpc) is 3.12. The second-order valence-electron chi connectivity index (χ2n) is 6.25. The largest absolute Gasteiger partial charge is 0.346 e. The topological polar surface area (TPSA) is 39.7 Å². The maximum Gasteiger partial charge on any atom is 0.236 e. The van der Waals surface area contributed by atoms with Gasteiger partial charge in [-0.15, -0.1) is 11.3 Å². The van der Waals surface area contributed by atoms with Crippen molar-refractivity contribution in [3.05, 3.63) is 47.0 Å². The van der Waals surface area contributed by atoms with Gasteiger partial charge in [-0.3, -0.25) is 9.69 Å². The fourth-order valence-electron chi connectivity index (χ4n) is 2.91.